The van der Waals surface area contributed by atoms with Crippen molar-refractivity contribution in [2.75, 3.05) is 20.3 Å². The summed E-state index contributed by atoms with van der Waals surface area (Å²) in [5.74, 6) is 1.04. The Morgan fingerprint density at radius 2 is 1.90 bits per heavy atom. The number of halogens is 3. The van der Waals surface area contributed by atoms with Crippen molar-refractivity contribution < 1.29 is 22.6 Å². The lowest BCUT2D eigenvalue weighted by Crippen LogP contribution is -2.10. The summed E-state index contributed by atoms with van der Waals surface area (Å²) in [5, 5.41) is 3.02. The molecule has 20 heavy (non-hydrogen) atoms. The van der Waals surface area contributed by atoms with E-state index in [0.717, 1.165) is 5.56 Å². The number of ether oxygens (including phenoxy) is 2. The van der Waals surface area contributed by atoms with Gasteiger partial charge in [0.2, 0.25) is 0 Å². The summed E-state index contributed by atoms with van der Waals surface area (Å²) in [6.07, 6.45) is -5.04. The molecule has 0 atom stereocenters. The smallest absolute Gasteiger partial charge is 0.389 e. The molecule has 0 amide bonds. The van der Waals surface area contributed by atoms with Crippen LogP contribution in [0.15, 0.2) is 18.2 Å². The van der Waals surface area contributed by atoms with Crippen LogP contribution < -0.4 is 14.8 Å². The van der Waals surface area contributed by atoms with Crippen molar-refractivity contribution in [1.29, 1.82) is 0 Å². The standard InChI is InChI=1S/C14H20F3NO2/c1-3-19-13-9-11(10-18-2)5-6-12(13)20-8-4-7-14(15,16)17/h5-6,9,18H,3-4,7-8,10H2,1-2H3. The third kappa shape index (κ3) is 6.14. The van der Waals surface area contributed by atoms with Gasteiger partial charge >= 0.3 is 6.18 Å². The number of benzene rings is 1. The molecular formula is C14H20F3NO2. The van der Waals surface area contributed by atoms with Crippen molar-refractivity contribution in [3.63, 3.8) is 0 Å². The fourth-order valence-corrected chi connectivity index (χ4v) is 1.71. The topological polar surface area (TPSA) is 30.5 Å². The van der Waals surface area contributed by atoms with E-state index in [-0.39, 0.29) is 13.0 Å². The number of hydrogen-bond donors (Lipinski definition) is 1. The molecule has 1 rings (SSSR count). The van der Waals surface area contributed by atoms with Gasteiger partial charge in [-0.05, 0) is 38.1 Å². The minimum absolute atomic E-state index is 0.0188. The zero-order valence-corrected chi connectivity index (χ0v) is 11.7. The van der Waals surface area contributed by atoms with E-state index in [1.807, 2.05) is 26.1 Å². The largest absolute Gasteiger partial charge is 0.490 e. The summed E-state index contributed by atoms with van der Waals surface area (Å²) < 4.78 is 46.9. The minimum atomic E-state index is -4.14. The van der Waals surface area contributed by atoms with Crippen LogP contribution in [0, 0.1) is 0 Å². The highest BCUT2D eigenvalue weighted by Gasteiger charge is 2.26. The monoisotopic (exact) mass is 291 g/mol. The van der Waals surface area contributed by atoms with Gasteiger partial charge in [0.15, 0.2) is 11.5 Å². The molecule has 0 saturated carbocycles. The molecule has 0 radical (unpaired) electrons. The number of hydrogen-bond acceptors (Lipinski definition) is 3. The van der Waals surface area contributed by atoms with Crippen molar-refractivity contribution in [3.8, 4) is 11.5 Å². The van der Waals surface area contributed by atoms with Crippen LogP contribution in [0.25, 0.3) is 0 Å². The van der Waals surface area contributed by atoms with Gasteiger partial charge in [0.1, 0.15) is 0 Å². The first kappa shape index (κ1) is 16.6. The first-order valence-electron chi connectivity index (χ1n) is 6.56. The summed E-state index contributed by atoms with van der Waals surface area (Å²) in [7, 11) is 1.84. The zero-order valence-electron chi connectivity index (χ0n) is 11.7. The van der Waals surface area contributed by atoms with Crippen molar-refractivity contribution in [1.82, 2.24) is 5.32 Å². The van der Waals surface area contributed by atoms with E-state index in [1.165, 1.54) is 0 Å². The average molecular weight is 291 g/mol. The van der Waals surface area contributed by atoms with Gasteiger partial charge in [0, 0.05) is 13.0 Å². The second kappa shape index (κ2) is 7.99. The van der Waals surface area contributed by atoms with Crippen molar-refractivity contribution in [2.24, 2.45) is 0 Å². The lowest BCUT2D eigenvalue weighted by molar-refractivity contribution is -0.136. The highest BCUT2D eigenvalue weighted by Crippen LogP contribution is 2.29. The normalized spacial score (nSPS) is 11.4. The third-order valence-corrected chi connectivity index (χ3v) is 2.55. The number of rotatable bonds is 8. The Labute approximate surface area is 117 Å². The lowest BCUT2D eigenvalue weighted by atomic mass is 10.2. The van der Waals surface area contributed by atoms with Gasteiger partial charge in [-0.1, -0.05) is 6.07 Å². The van der Waals surface area contributed by atoms with Crippen LogP contribution in [0.5, 0.6) is 11.5 Å². The molecule has 0 unspecified atom stereocenters. The molecule has 0 spiro atoms. The van der Waals surface area contributed by atoms with E-state index in [2.05, 4.69) is 5.32 Å². The maximum absolute atomic E-state index is 12.0. The molecule has 114 valence electrons. The van der Waals surface area contributed by atoms with E-state index >= 15 is 0 Å². The summed E-state index contributed by atoms with van der Waals surface area (Å²) >= 11 is 0. The highest BCUT2D eigenvalue weighted by molar-refractivity contribution is 5.43. The summed E-state index contributed by atoms with van der Waals surface area (Å²) in [6.45, 7) is 3.03. The zero-order chi connectivity index (χ0) is 15.0. The number of nitrogens with one attached hydrogen (secondary N) is 1. The van der Waals surface area contributed by atoms with E-state index < -0.39 is 12.6 Å². The molecule has 0 heterocycles. The van der Waals surface area contributed by atoms with E-state index in [9.17, 15) is 13.2 Å². The van der Waals surface area contributed by atoms with Crippen LogP contribution >= 0.6 is 0 Å². The van der Waals surface area contributed by atoms with Crippen LogP contribution in [0.3, 0.4) is 0 Å². The predicted octanol–water partition coefficient (Wildman–Crippen LogP) is 3.53. The lowest BCUT2D eigenvalue weighted by Gasteiger charge is -2.14. The maximum atomic E-state index is 12.0. The van der Waals surface area contributed by atoms with Crippen LogP contribution in [-0.4, -0.2) is 26.4 Å². The first-order chi connectivity index (χ1) is 9.46. The Bertz CT molecular complexity index is 408. The average Bonchev–Trinajstić information content (AvgIpc) is 2.36. The fourth-order valence-electron chi connectivity index (χ4n) is 1.71. The molecule has 6 heteroatoms. The maximum Gasteiger partial charge on any atom is 0.389 e. The first-order valence-corrected chi connectivity index (χ1v) is 6.56. The molecule has 1 aromatic carbocycles. The van der Waals surface area contributed by atoms with Gasteiger partial charge in [0.05, 0.1) is 13.2 Å². The number of alkyl halides is 3. The molecule has 0 saturated heterocycles. The summed E-state index contributed by atoms with van der Waals surface area (Å²) in [4.78, 5) is 0. The second-order valence-electron chi connectivity index (χ2n) is 4.31. The molecule has 0 fully saturated rings. The van der Waals surface area contributed by atoms with Gasteiger partial charge in [-0.15, -0.1) is 0 Å². The van der Waals surface area contributed by atoms with Crippen LogP contribution in [-0.2, 0) is 6.54 Å². The molecule has 1 aromatic rings. The van der Waals surface area contributed by atoms with Gasteiger partial charge in [-0.25, -0.2) is 0 Å². The molecule has 0 aliphatic carbocycles. The summed E-state index contributed by atoms with van der Waals surface area (Å²) in [5.41, 5.74) is 1.03. The second-order valence-corrected chi connectivity index (χ2v) is 4.31. The van der Waals surface area contributed by atoms with Crippen molar-refractivity contribution in [2.45, 2.75) is 32.5 Å². The van der Waals surface area contributed by atoms with Crippen molar-refractivity contribution >= 4 is 0 Å². The molecule has 0 aliphatic rings. The SMILES string of the molecule is CCOc1cc(CNC)ccc1OCCCC(F)(F)F. The Morgan fingerprint density at radius 1 is 1.15 bits per heavy atom. The van der Waals surface area contributed by atoms with Crippen LogP contribution in [0.4, 0.5) is 13.2 Å². The van der Waals surface area contributed by atoms with Gasteiger partial charge in [0.25, 0.3) is 0 Å². The Kier molecular flexibility index (Phi) is 6.64. The van der Waals surface area contributed by atoms with Crippen LogP contribution in [0.2, 0.25) is 0 Å². The molecular weight excluding hydrogens is 271 g/mol. The molecule has 0 aromatic heterocycles. The Hall–Kier alpha value is -1.43. The van der Waals surface area contributed by atoms with Crippen LogP contribution in [0.1, 0.15) is 25.3 Å². The third-order valence-electron chi connectivity index (χ3n) is 2.55. The van der Waals surface area contributed by atoms with E-state index in [1.54, 1.807) is 6.07 Å². The van der Waals surface area contributed by atoms with Gasteiger partial charge in [-0.3, -0.25) is 0 Å². The molecule has 0 aliphatic heterocycles. The summed E-state index contributed by atoms with van der Waals surface area (Å²) in [6, 6.07) is 5.42. The molecule has 1 N–H and O–H groups in total. The van der Waals surface area contributed by atoms with Gasteiger partial charge < -0.3 is 14.8 Å². The molecule has 3 nitrogen and oxygen atoms in total. The van der Waals surface area contributed by atoms with E-state index in [4.69, 9.17) is 9.47 Å². The quantitative estimate of drug-likeness (QED) is 0.743. The predicted molar refractivity (Wildman–Crippen MR) is 71.2 cm³/mol. The Morgan fingerprint density at radius 3 is 2.50 bits per heavy atom. The highest BCUT2D eigenvalue weighted by atomic mass is 19.4. The van der Waals surface area contributed by atoms with Gasteiger partial charge in [-0.2, -0.15) is 13.2 Å². The minimum Gasteiger partial charge on any atom is -0.490 e. The van der Waals surface area contributed by atoms with Crippen molar-refractivity contribution in [3.05, 3.63) is 23.8 Å². The Balaban J connectivity index is 2.59. The fraction of sp³-hybridized carbons (Fsp3) is 0.571. The van der Waals surface area contributed by atoms with E-state index in [0.29, 0.717) is 24.7 Å². The molecule has 0 bridgehead atoms.